The van der Waals surface area contributed by atoms with Gasteiger partial charge in [0, 0.05) is 24.2 Å². The second-order valence-corrected chi connectivity index (χ2v) is 9.41. The molecule has 1 aliphatic carbocycles. The molecule has 2 aromatic heterocycles. The minimum atomic E-state index is -3.65. The van der Waals surface area contributed by atoms with E-state index in [0.717, 1.165) is 24.9 Å². The third-order valence-electron chi connectivity index (χ3n) is 4.70. The Morgan fingerprint density at radius 2 is 2.06 bits per heavy atom. The number of imidazole rings is 1. The molecule has 9 nitrogen and oxygen atoms in total. The van der Waals surface area contributed by atoms with Gasteiger partial charge in [-0.3, -0.25) is 4.72 Å². The summed E-state index contributed by atoms with van der Waals surface area (Å²) in [6.45, 7) is 1.92. The van der Waals surface area contributed by atoms with Crippen molar-refractivity contribution in [2.24, 2.45) is 0 Å². The van der Waals surface area contributed by atoms with Crippen LogP contribution in [0.1, 0.15) is 31.5 Å². The van der Waals surface area contributed by atoms with Gasteiger partial charge in [-0.25, -0.2) is 27.8 Å². The normalized spacial score (nSPS) is 15.0. The minimum Gasteiger partial charge on any atom is -0.392 e. The molecule has 164 valence electrons. The van der Waals surface area contributed by atoms with Crippen molar-refractivity contribution in [1.29, 1.82) is 0 Å². The Hall–Kier alpha value is -3.05. The molecule has 0 spiro atoms. The summed E-state index contributed by atoms with van der Waals surface area (Å²) in [6, 6.07) is 6.15. The van der Waals surface area contributed by atoms with Crippen LogP contribution >= 0.6 is 0 Å². The van der Waals surface area contributed by atoms with Crippen LogP contribution in [0.4, 0.5) is 16.0 Å². The molecular formula is C20H23FN6O3S. The predicted octanol–water partition coefficient (Wildman–Crippen LogP) is 2.71. The first-order chi connectivity index (χ1) is 14.7. The molecule has 4 N–H and O–H groups in total. The SMILES string of the molecule is CC(O)CNc1nccc(-c2[nH]c(C3CC3)nc2-c2cccc(NS(C)(=O)=O)c2F)n1. The van der Waals surface area contributed by atoms with E-state index in [1.54, 1.807) is 31.3 Å². The summed E-state index contributed by atoms with van der Waals surface area (Å²) in [5.74, 6) is 0.620. The Morgan fingerprint density at radius 3 is 2.74 bits per heavy atom. The molecule has 0 bridgehead atoms. The van der Waals surface area contributed by atoms with Crippen molar-refractivity contribution in [2.45, 2.75) is 31.8 Å². The Balaban J connectivity index is 1.79. The van der Waals surface area contributed by atoms with E-state index >= 15 is 4.39 Å². The number of halogens is 1. The Labute approximate surface area is 179 Å². The van der Waals surface area contributed by atoms with Crippen LogP contribution in [0.2, 0.25) is 0 Å². The number of anilines is 2. The van der Waals surface area contributed by atoms with Crippen molar-refractivity contribution in [2.75, 3.05) is 22.8 Å². The van der Waals surface area contributed by atoms with E-state index in [2.05, 4.69) is 30.0 Å². The number of rotatable bonds is 8. The van der Waals surface area contributed by atoms with Crippen molar-refractivity contribution in [3.63, 3.8) is 0 Å². The van der Waals surface area contributed by atoms with E-state index in [0.29, 0.717) is 23.0 Å². The summed E-state index contributed by atoms with van der Waals surface area (Å²) in [7, 11) is -3.65. The van der Waals surface area contributed by atoms with Gasteiger partial charge < -0.3 is 15.4 Å². The molecule has 4 rings (SSSR count). The van der Waals surface area contributed by atoms with Crippen molar-refractivity contribution >= 4 is 21.7 Å². The zero-order chi connectivity index (χ0) is 22.2. The topological polar surface area (TPSA) is 133 Å². The first-order valence-electron chi connectivity index (χ1n) is 9.83. The van der Waals surface area contributed by atoms with Crippen LogP contribution in [0.25, 0.3) is 22.6 Å². The van der Waals surface area contributed by atoms with Gasteiger partial charge in [-0.2, -0.15) is 0 Å². The average molecular weight is 447 g/mol. The monoisotopic (exact) mass is 446 g/mol. The summed E-state index contributed by atoms with van der Waals surface area (Å²) < 4.78 is 40.6. The maximum absolute atomic E-state index is 15.2. The predicted molar refractivity (Wildman–Crippen MR) is 116 cm³/mol. The smallest absolute Gasteiger partial charge is 0.229 e. The second-order valence-electron chi connectivity index (χ2n) is 7.66. The van der Waals surface area contributed by atoms with Gasteiger partial charge >= 0.3 is 0 Å². The van der Waals surface area contributed by atoms with Crippen molar-refractivity contribution < 1.29 is 17.9 Å². The fourth-order valence-corrected chi connectivity index (χ4v) is 3.69. The molecule has 1 atom stereocenters. The number of aliphatic hydroxyl groups excluding tert-OH is 1. The van der Waals surface area contributed by atoms with E-state index in [-0.39, 0.29) is 23.7 Å². The quantitative estimate of drug-likeness (QED) is 0.418. The standard InChI is InChI=1S/C20H23FN6O3S/c1-11(28)10-23-20-22-9-8-15(24-20)18-17(25-19(26-18)12-6-7-12)13-4-3-5-14(16(13)21)27-31(2,29)30/h3-5,8-9,11-12,27-28H,6-7,10H2,1-2H3,(H,25,26)(H,22,23,24). The molecule has 0 aliphatic heterocycles. The lowest BCUT2D eigenvalue weighted by molar-refractivity contribution is 0.208. The number of aliphatic hydroxyl groups is 1. The minimum absolute atomic E-state index is 0.149. The summed E-state index contributed by atoms with van der Waals surface area (Å²) in [6.07, 6.45) is 3.94. The largest absolute Gasteiger partial charge is 0.392 e. The molecule has 31 heavy (non-hydrogen) atoms. The molecule has 3 aromatic rings. The molecule has 2 heterocycles. The van der Waals surface area contributed by atoms with Gasteiger partial charge in [-0.1, -0.05) is 6.07 Å². The zero-order valence-electron chi connectivity index (χ0n) is 17.1. The number of aromatic amines is 1. The third kappa shape index (κ3) is 5.00. The number of aromatic nitrogens is 4. The Morgan fingerprint density at radius 1 is 1.29 bits per heavy atom. The van der Waals surface area contributed by atoms with E-state index in [1.165, 1.54) is 6.07 Å². The highest BCUT2D eigenvalue weighted by atomic mass is 32.2. The molecule has 0 amide bonds. The number of H-pyrrole nitrogens is 1. The summed E-state index contributed by atoms with van der Waals surface area (Å²) in [5, 5.41) is 12.4. The highest BCUT2D eigenvalue weighted by Gasteiger charge is 2.30. The Bertz CT molecular complexity index is 1210. The van der Waals surface area contributed by atoms with Gasteiger partial charge in [0.05, 0.1) is 29.4 Å². The summed E-state index contributed by atoms with van der Waals surface area (Å²) in [4.78, 5) is 16.5. The lowest BCUT2D eigenvalue weighted by Crippen LogP contribution is -2.16. The molecule has 0 saturated heterocycles. The fourth-order valence-electron chi connectivity index (χ4n) is 3.14. The van der Waals surface area contributed by atoms with Gasteiger partial charge in [-0.15, -0.1) is 0 Å². The van der Waals surface area contributed by atoms with Gasteiger partial charge in [0.25, 0.3) is 0 Å². The first-order valence-corrected chi connectivity index (χ1v) is 11.7. The molecule has 0 radical (unpaired) electrons. The van der Waals surface area contributed by atoms with E-state index in [1.807, 2.05) is 0 Å². The number of benzene rings is 1. The lowest BCUT2D eigenvalue weighted by Gasteiger charge is -2.10. The van der Waals surface area contributed by atoms with Crippen molar-refractivity contribution in [3.05, 3.63) is 42.1 Å². The fraction of sp³-hybridized carbons (Fsp3) is 0.350. The summed E-state index contributed by atoms with van der Waals surface area (Å²) >= 11 is 0. The zero-order valence-corrected chi connectivity index (χ0v) is 17.9. The number of hydrogen-bond donors (Lipinski definition) is 4. The maximum Gasteiger partial charge on any atom is 0.229 e. The molecule has 1 saturated carbocycles. The van der Waals surface area contributed by atoms with Gasteiger partial charge in [0.2, 0.25) is 16.0 Å². The molecule has 1 fully saturated rings. The maximum atomic E-state index is 15.2. The number of hydrogen-bond acceptors (Lipinski definition) is 7. The van der Waals surface area contributed by atoms with Crippen LogP contribution in [-0.2, 0) is 10.0 Å². The average Bonchev–Trinajstić information content (AvgIpc) is 3.46. The highest BCUT2D eigenvalue weighted by molar-refractivity contribution is 7.92. The number of sulfonamides is 1. The van der Waals surface area contributed by atoms with Crippen molar-refractivity contribution in [1.82, 2.24) is 19.9 Å². The molecule has 1 unspecified atom stereocenters. The third-order valence-corrected chi connectivity index (χ3v) is 5.29. The number of nitrogens with zero attached hydrogens (tertiary/aromatic N) is 3. The van der Waals surface area contributed by atoms with Crippen LogP contribution < -0.4 is 10.0 Å². The molecular weight excluding hydrogens is 423 g/mol. The van der Waals surface area contributed by atoms with Crippen molar-refractivity contribution in [3.8, 4) is 22.6 Å². The number of nitrogens with one attached hydrogen (secondary N) is 3. The first kappa shape index (κ1) is 21.2. The molecule has 1 aromatic carbocycles. The lowest BCUT2D eigenvalue weighted by atomic mass is 10.1. The van der Waals surface area contributed by atoms with Gasteiger partial charge in [0.15, 0.2) is 5.82 Å². The van der Waals surface area contributed by atoms with Gasteiger partial charge in [0.1, 0.15) is 11.5 Å². The molecule has 1 aliphatic rings. The van der Waals surface area contributed by atoms with E-state index < -0.39 is 21.9 Å². The highest BCUT2D eigenvalue weighted by Crippen LogP contribution is 2.42. The van der Waals surface area contributed by atoms with E-state index in [9.17, 15) is 13.5 Å². The van der Waals surface area contributed by atoms with Crippen LogP contribution in [0.5, 0.6) is 0 Å². The van der Waals surface area contributed by atoms with Crippen LogP contribution in [0.15, 0.2) is 30.5 Å². The molecule has 11 heteroatoms. The van der Waals surface area contributed by atoms with Gasteiger partial charge in [-0.05, 0) is 38.0 Å². The second kappa shape index (κ2) is 8.23. The van der Waals surface area contributed by atoms with Crippen LogP contribution in [0, 0.1) is 5.82 Å². The Kier molecular flexibility index (Phi) is 5.63. The summed E-state index contributed by atoms with van der Waals surface area (Å²) in [5.41, 5.74) is 1.36. The van der Waals surface area contributed by atoms with E-state index in [4.69, 9.17) is 0 Å². The van der Waals surface area contributed by atoms with Crippen LogP contribution in [-0.4, -0.2) is 52.4 Å². The van der Waals surface area contributed by atoms with Crippen LogP contribution in [0.3, 0.4) is 0 Å².